The molecule has 142 valence electrons. The number of fused-ring (bicyclic) bond motifs is 1. The second-order valence-corrected chi connectivity index (χ2v) is 8.75. The first-order valence-corrected chi connectivity index (χ1v) is 9.81. The largest absolute Gasteiger partial charge is 0.443 e. The quantitative estimate of drug-likeness (QED) is 0.711. The van der Waals surface area contributed by atoms with Crippen LogP contribution >= 0.6 is 0 Å². The molecular formula is C19H21N3O4S. The Bertz CT molecular complexity index is 1090. The Morgan fingerprint density at radius 1 is 1.00 bits per heavy atom. The van der Waals surface area contributed by atoms with Crippen LogP contribution in [0.2, 0.25) is 0 Å². The monoisotopic (exact) mass is 387 g/mol. The summed E-state index contributed by atoms with van der Waals surface area (Å²) in [4.78, 5) is 12.2. The SMILES string of the molecule is CC(C)(C)OC(=O)n1cc2ccc(Nc3ccc(S(N)(=O)=O)cc3)cc2c1. The van der Waals surface area contributed by atoms with Crippen LogP contribution < -0.4 is 10.5 Å². The van der Waals surface area contributed by atoms with E-state index in [1.54, 1.807) is 24.5 Å². The molecular weight excluding hydrogens is 366 g/mol. The zero-order valence-corrected chi connectivity index (χ0v) is 16.1. The van der Waals surface area contributed by atoms with Crippen LogP contribution in [0.15, 0.2) is 59.8 Å². The van der Waals surface area contributed by atoms with Gasteiger partial charge in [-0.2, -0.15) is 0 Å². The third kappa shape index (κ3) is 4.66. The molecule has 0 saturated carbocycles. The molecule has 27 heavy (non-hydrogen) atoms. The lowest BCUT2D eigenvalue weighted by Crippen LogP contribution is -2.26. The molecule has 0 aliphatic rings. The van der Waals surface area contributed by atoms with Crippen LogP contribution in [-0.2, 0) is 14.8 Å². The summed E-state index contributed by atoms with van der Waals surface area (Å²) in [5.74, 6) is 0. The van der Waals surface area contributed by atoms with Crippen molar-refractivity contribution >= 4 is 38.3 Å². The predicted octanol–water partition coefficient (Wildman–Crippen LogP) is 3.82. The number of nitrogens with two attached hydrogens (primary N) is 1. The molecule has 3 rings (SSSR count). The highest BCUT2D eigenvalue weighted by molar-refractivity contribution is 7.89. The third-order valence-corrected chi connectivity index (χ3v) is 4.65. The van der Waals surface area contributed by atoms with Crippen molar-refractivity contribution in [1.82, 2.24) is 4.57 Å². The summed E-state index contributed by atoms with van der Waals surface area (Å²) in [6.07, 6.45) is 2.99. The summed E-state index contributed by atoms with van der Waals surface area (Å²) in [6.45, 7) is 5.45. The Morgan fingerprint density at radius 2 is 1.59 bits per heavy atom. The maximum Gasteiger partial charge on any atom is 0.418 e. The van der Waals surface area contributed by atoms with E-state index < -0.39 is 21.7 Å². The highest BCUT2D eigenvalue weighted by Crippen LogP contribution is 2.24. The molecule has 7 nitrogen and oxygen atoms in total. The van der Waals surface area contributed by atoms with Gasteiger partial charge in [0.1, 0.15) is 5.60 Å². The van der Waals surface area contributed by atoms with Crippen LogP contribution in [0.25, 0.3) is 10.8 Å². The minimum absolute atomic E-state index is 0.0536. The fraction of sp³-hybridized carbons (Fsp3) is 0.211. The number of aromatic nitrogens is 1. The Labute approximate surface area is 157 Å². The molecule has 0 fully saturated rings. The third-order valence-electron chi connectivity index (χ3n) is 3.72. The maximum absolute atomic E-state index is 12.2. The van der Waals surface area contributed by atoms with Gasteiger partial charge in [-0.15, -0.1) is 0 Å². The Kier molecular flexibility index (Phi) is 4.71. The average molecular weight is 387 g/mol. The van der Waals surface area contributed by atoms with Gasteiger partial charge in [-0.1, -0.05) is 6.07 Å². The van der Waals surface area contributed by atoms with Gasteiger partial charge in [0.2, 0.25) is 10.0 Å². The van der Waals surface area contributed by atoms with E-state index in [2.05, 4.69) is 5.32 Å². The topological polar surface area (TPSA) is 103 Å². The second-order valence-electron chi connectivity index (χ2n) is 7.18. The van der Waals surface area contributed by atoms with Gasteiger partial charge in [0.05, 0.1) is 4.90 Å². The number of nitrogens with one attached hydrogen (secondary N) is 1. The summed E-state index contributed by atoms with van der Waals surface area (Å²) in [5, 5.41) is 10.1. The normalized spacial score (nSPS) is 12.1. The second kappa shape index (κ2) is 6.71. The lowest BCUT2D eigenvalue weighted by molar-refractivity contribution is 0.0538. The summed E-state index contributed by atoms with van der Waals surface area (Å²) >= 11 is 0. The highest BCUT2D eigenvalue weighted by atomic mass is 32.2. The molecule has 1 aromatic heterocycles. The molecule has 2 aromatic carbocycles. The number of nitrogens with zero attached hydrogens (tertiary/aromatic N) is 1. The fourth-order valence-electron chi connectivity index (χ4n) is 2.53. The first-order valence-electron chi connectivity index (χ1n) is 8.26. The van der Waals surface area contributed by atoms with Gasteiger partial charge in [0.15, 0.2) is 0 Å². The minimum Gasteiger partial charge on any atom is -0.443 e. The zero-order valence-electron chi connectivity index (χ0n) is 15.3. The smallest absolute Gasteiger partial charge is 0.418 e. The lowest BCUT2D eigenvalue weighted by atomic mass is 10.2. The molecule has 0 unspecified atom stereocenters. The van der Waals surface area contributed by atoms with Crippen LogP contribution in [0.1, 0.15) is 20.8 Å². The molecule has 0 atom stereocenters. The predicted molar refractivity (Wildman–Crippen MR) is 105 cm³/mol. The molecule has 8 heteroatoms. The number of ether oxygens (including phenoxy) is 1. The van der Waals surface area contributed by atoms with Gasteiger partial charge in [-0.25, -0.2) is 18.4 Å². The first kappa shape index (κ1) is 18.9. The minimum atomic E-state index is -3.71. The molecule has 0 amide bonds. The molecule has 0 saturated heterocycles. The highest BCUT2D eigenvalue weighted by Gasteiger charge is 2.18. The van der Waals surface area contributed by atoms with Crippen molar-refractivity contribution in [2.75, 3.05) is 5.32 Å². The number of carbonyl (C=O) groups is 1. The van der Waals surface area contributed by atoms with Gasteiger partial charge < -0.3 is 10.1 Å². The van der Waals surface area contributed by atoms with Crippen molar-refractivity contribution in [1.29, 1.82) is 0 Å². The number of anilines is 2. The first-order chi connectivity index (χ1) is 12.5. The Morgan fingerprint density at radius 3 is 2.19 bits per heavy atom. The summed E-state index contributed by atoms with van der Waals surface area (Å²) in [6, 6.07) is 11.8. The fourth-order valence-corrected chi connectivity index (χ4v) is 3.05. The molecule has 3 aromatic rings. The number of primary sulfonamides is 1. The van der Waals surface area contributed by atoms with Crippen molar-refractivity contribution in [2.24, 2.45) is 5.14 Å². The van der Waals surface area contributed by atoms with Crippen LogP contribution in [0, 0.1) is 0 Å². The molecule has 0 aliphatic carbocycles. The van der Waals surface area contributed by atoms with Crippen molar-refractivity contribution in [3.05, 3.63) is 54.9 Å². The number of carbonyl (C=O) groups excluding carboxylic acids is 1. The van der Waals surface area contributed by atoms with Crippen LogP contribution in [-0.4, -0.2) is 24.7 Å². The molecule has 0 spiro atoms. The van der Waals surface area contributed by atoms with Gasteiger partial charge >= 0.3 is 6.09 Å². The van der Waals surface area contributed by atoms with Crippen LogP contribution in [0.3, 0.4) is 0 Å². The standard InChI is InChI=1S/C19H21N3O4S/c1-19(2,3)26-18(23)22-11-13-4-5-16(10-14(13)12-22)21-15-6-8-17(9-7-15)27(20,24)25/h4-12,21H,1-3H3,(H2,20,24,25). The van der Waals surface area contributed by atoms with E-state index in [1.807, 2.05) is 39.0 Å². The van der Waals surface area contributed by atoms with Crippen LogP contribution in [0.4, 0.5) is 16.2 Å². The molecule has 3 N–H and O–H groups in total. The average Bonchev–Trinajstić information content (AvgIpc) is 2.96. The molecule has 0 radical (unpaired) electrons. The number of hydrogen-bond donors (Lipinski definition) is 2. The van der Waals surface area contributed by atoms with Gasteiger partial charge in [-0.3, -0.25) is 4.57 Å². The van der Waals surface area contributed by atoms with E-state index >= 15 is 0 Å². The maximum atomic E-state index is 12.2. The zero-order chi connectivity index (χ0) is 19.8. The van der Waals surface area contributed by atoms with Crippen molar-refractivity contribution in [3.63, 3.8) is 0 Å². The van der Waals surface area contributed by atoms with Gasteiger partial charge in [0, 0.05) is 34.5 Å². The number of rotatable bonds is 3. The van der Waals surface area contributed by atoms with E-state index in [1.165, 1.54) is 16.7 Å². The van der Waals surface area contributed by atoms with E-state index in [4.69, 9.17) is 9.88 Å². The number of hydrogen-bond acceptors (Lipinski definition) is 5. The lowest BCUT2D eigenvalue weighted by Gasteiger charge is -2.19. The summed E-state index contributed by atoms with van der Waals surface area (Å²) in [7, 11) is -3.71. The van der Waals surface area contributed by atoms with E-state index in [0.29, 0.717) is 5.69 Å². The Balaban J connectivity index is 1.81. The summed E-state index contributed by atoms with van der Waals surface area (Å²) < 4.78 is 29.4. The van der Waals surface area contributed by atoms with E-state index in [-0.39, 0.29) is 4.90 Å². The van der Waals surface area contributed by atoms with Gasteiger partial charge in [0.25, 0.3) is 0 Å². The molecule has 1 heterocycles. The van der Waals surface area contributed by atoms with Crippen molar-refractivity contribution < 1.29 is 17.9 Å². The van der Waals surface area contributed by atoms with Crippen molar-refractivity contribution in [2.45, 2.75) is 31.3 Å². The number of sulfonamides is 1. The van der Waals surface area contributed by atoms with Crippen molar-refractivity contribution in [3.8, 4) is 0 Å². The molecule has 0 bridgehead atoms. The summed E-state index contributed by atoms with van der Waals surface area (Å²) in [5.41, 5.74) is 0.949. The Hall–Kier alpha value is -2.84. The molecule has 0 aliphatic heterocycles. The van der Waals surface area contributed by atoms with E-state index in [0.717, 1.165) is 16.5 Å². The number of benzene rings is 2. The van der Waals surface area contributed by atoms with Crippen LogP contribution in [0.5, 0.6) is 0 Å². The van der Waals surface area contributed by atoms with E-state index in [9.17, 15) is 13.2 Å². The van der Waals surface area contributed by atoms with Gasteiger partial charge in [-0.05, 0) is 57.2 Å².